The molecule has 3 rings (SSSR count). The van der Waals surface area contributed by atoms with E-state index in [0.717, 1.165) is 19.1 Å². The highest BCUT2D eigenvalue weighted by atomic mass is 32.2. The van der Waals surface area contributed by atoms with Gasteiger partial charge >= 0.3 is 0 Å². The summed E-state index contributed by atoms with van der Waals surface area (Å²) in [5.41, 5.74) is 6.19. The predicted octanol–water partition coefficient (Wildman–Crippen LogP) is 1.71. The molecule has 18 heavy (non-hydrogen) atoms. The summed E-state index contributed by atoms with van der Waals surface area (Å²) in [7, 11) is 2.29. The highest BCUT2D eigenvalue weighted by Crippen LogP contribution is 2.41. The van der Waals surface area contributed by atoms with Gasteiger partial charge < -0.3 is 10.5 Å². The van der Waals surface area contributed by atoms with Crippen LogP contribution in [-0.2, 0) is 4.74 Å². The highest BCUT2D eigenvalue weighted by molar-refractivity contribution is 7.99. The summed E-state index contributed by atoms with van der Waals surface area (Å²) in [5, 5.41) is 0. The molecular weight excluding hydrogens is 244 g/mol. The summed E-state index contributed by atoms with van der Waals surface area (Å²) in [4.78, 5) is 2.59. The molecule has 3 atom stereocenters. The van der Waals surface area contributed by atoms with Crippen LogP contribution in [0.1, 0.15) is 32.1 Å². The third kappa shape index (κ3) is 2.58. The SMILES string of the molecule is CN(C1CCOC2(CCSC2)C1)C(CN)C1CC1. The van der Waals surface area contributed by atoms with Crippen LogP contribution < -0.4 is 5.73 Å². The lowest BCUT2D eigenvalue weighted by Crippen LogP contribution is -2.52. The molecule has 3 fully saturated rings. The first kappa shape index (κ1) is 13.2. The molecule has 0 bridgehead atoms. The lowest BCUT2D eigenvalue weighted by molar-refractivity contribution is -0.0918. The summed E-state index contributed by atoms with van der Waals surface area (Å²) in [6.45, 7) is 1.76. The monoisotopic (exact) mass is 270 g/mol. The minimum atomic E-state index is 0.199. The van der Waals surface area contributed by atoms with Crippen LogP contribution in [0.2, 0.25) is 0 Å². The Hall–Kier alpha value is 0.230. The van der Waals surface area contributed by atoms with E-state index in [1.54, 1.807) is 0 Å². The summed E-state index contributed by atoms with van der Waals surface area (Å²) in [6.07, 6.45) is 6.43. The zero-order chi connectivity index (χ0) is 12.6. The number of thioether (sulfide) groups is 1. The van der Waals surface area contributed by atoms with Gasteiger partial charge in [-0.25, -0.2) is 0 Å². The largest absolute Gasteiger partial charge is 0.374 e. The second-order valence-electron chi connectivity index (χ2n) is 6.29. The van der Waals surface area contributed by atoms with Gasteiger partial charge in [-0.05, 0) is 50.8 Å². The molecule has 104 valence electrons. The van der Waals surface area contributed by atoms with Crippen molar-refractivity contribution in [1.82, 2.24) is 4.90 Å². The first-order chi connectivity index (χ1) is 8.74. The minimum Gasteiger partial charge on any atom is -0.374 e. The van der Waals surface area contributed by atoms with Crippen molar-refractivity contribution in [3.8, 4) is 0 Å². The number of hydrogen-bond donors (Lipinski definition) is 1. The zero-order valence-corrected chi connectivity index (χ0v) is 12.3. The average molecular weight is 270 g/mol. The van der Waals surface area contributed by atoms with Gasteiger partial charge in [0.25, 0.3) is 0 Å². The molecule has 1 spiro atoms. The van der Waals surface area contributed by atoms with Crippen molar-refractivity contribution in [2.75, 3.05) is 31.7 Å². The van der Waals surface area contributed by atoms with Gasteiger partial charge in [-0.15, -0.1) is 0 Å². The Morgan fingerprint density at radius 2 is 2.28 bits per heavy atom. The summed E-state index contributed by atoms with van der Waals surface area (Å²) >= 11 is 2.06. The maximum absolute atomic E-state index is 6.12. The highest BCUT2D eigenvalue weighted by Gasteiger charge is 2.43. The smallest absolute Gasteiger partial charge is 0.0795 e. The molecule has 0 aromatic carbocycles. The molecule has 1 aliphatic carbocycles. The van der Waals surface area contributed by atoms with Crippen molar-refractivity contribution in [3.05, 3.63) is 0 Å². The predicted molar refractivity (Wildman–Crippen MR) is 77.0 cm³/mol. The molecule has 0 aromatic rings. The Morgan fingerprint density at radius 3 is 2.89 bits per heavy atom. The Balaban J connectivity index is 1.63. The van der Waals surface area contributed by atoms with Crippen LogP contribution >= 0.6 is 11.8 Å². The fraction of sp³-hybridized carbons (Fsp3) is 1.00. The zero-order valence-electron chi connectivity index (χ0n) is 11.4. The summed E-state index contributed by atoms with van der Waals surface area (Å²) in [6, 6.07) is 1.30. The van der Waals surface area contributed by atoms with E-state index in [4.69, 9.17) is 10.5 Å². The fourth-order valence-corrected chi connectivity index (χ4v) is 5.03. The molecule has 1 saturated carbocycles. The van der Waals surface area contributed by atoms with Gasteiger partial charge in [-0.3, -0.25) is 4.90 Å². The van der Waals surface area contributed by atoms with Crippen molar-refractivity contribution in [1.29, 1.82) is 0 Å². The first-order valence-corrected chi connectivity index (χ1v) is 8.53. The van der Waals surface area contributed by atoms with Crippen LogP contribution in [0, 0.1) is 5.92 Å². The van der Waals surface area contributed by atoms with Gasteiger partial charge in [0.15, 0.2) is 0 Å². The molecular formula is C14H26N2OS. The maximum atomic E-state index is 6.12. The third-order valence-corrected chi connectivity index (χ3v) is 6.26. The Morgan fingerprint density at radius 1 is 1.44 bits per heavy atom. The molecule has 2 saturated heterocycles. The quantitative estimate of drug-likeness (QED) is 0.844. The van der Waals surface area contributed by atoms with E-state index in [-0.39, 0.29) is 5.60 Å². The number of rotatable bonds is 4. The molecule has 0 radical (unpaired) electrons. The Kier molecular flexibility index (Phi) is 3.90. The lowest BCUT2D eigenvalue weighted by Gasteiger charge is -2.44. The van der Waals surface area contributed by atoms with E-state index in [0.29, 0.717) is 12.1 Å². The second kappa shape index (κ2) is 5.31. The minimum absolute atomic E-state index is 0.199. The van der Waals surface area contributed by atoms with Gasteiger partial charge in [0.1, 0.15) is 0 Å². The Labute approximate surface area is 115 Å². The van der Waals surface area contributed by atoms with E-state index in [1.165, 1.54) is 43.6 Å². The van der Waals surface area contributed by atoms with Crippen molar-refractivity contribution >= 4 is 11.8 Å². The van der Waals surface area contributed by atoms with E-state index in [1.807, 2.05) is 0 Å². The van der Waals surface area contributed by atoms with Crippen LogP contribution in [0.25, 0.3) is 0 Å². The lowest BCUT2D eigenvalue weighted by atomic mass is 9.88. The molecule has 2 heterocycles. The van der Waals surface area contributed by atoms with E-state index in [9.17, 15) is 0 Å². The molecule has 3 unspecified atom stereocenters. The topological polar surface area (TPSA) is 38.5 Å². The van der Waals surface area contributed by atoms with Gasteiger partial charge in [-0.2, -0.15) is 11.8 Å². The molecule has 4 heteroatoms. The van der Waals surface area contributed by atoms with Gasteiger partial charge in [-0.1, -0.05) is 0 Å². The van der Waals surface area contributed by atoms with E-state index in [2.05, 4.69) is 23.7 Å². The number of hydrogen-bond acceptors (Lipinski definition) is 4. The number of ether oxygens (including phenoxy) is 1. The molecule has 3 aliphatic rings. The van der Waals surface area contributed by atoms with Crippen molar-refractivity contribution in [2.45, 2.75) is 49.8 Å². The normalized spacial score (nSPS) is 38.5. The standard InChI is InChI=1S/C14H26N2OS/c1-16(13(9-15)11-2-3-11)12-4-6-17-14(8-12)5-7-18-10-14/h11-13H,2-10,15H2,1H3. The molecule has 2 N–H and O–H groups in total. The second-order valence-corrected chi connectivity index (χ2v) is 7.39. The van der Waals surface area contributed by atoms with Crippen molar-refractivity contribution in [2.24, 2.45) is 11.7 Å². The summed E-state index contributed by atoms with van der Waals surface area (Å²) in [5.74, 6) is 3.35. The van der Waals surface area contributed by atoms with Crippen LogP contribution in [0.3, 0.4) is 0 Å². The summed E-state index contributed by atoms with van der Waals surface area (Å²) < 4.78 is 6.12. The van der Waals surface area contributed by atoms with Gasteiger partial charge in [0, 0.05) is 31.0 Å². The number of nitrogens with two attached hydrogens (primary N) is 1. The van der Waals surface area contributed by atoms with Crippen molar-refractivity contribution < 1.29 is 4.74 Å². The first-order valence-electron chi connectivity index (χ1n) is 7.38. The third-order valence-electron chi connectivity index (χ3n) is 5.04. The molecule has 3 nitrogen and oxygen atoms in total. The van der Waals surface area contributed by atoms with Crippen LogP contribution in [0.5, 0.6) is 0 Å². The van der Waals surface area contributed by atoms with E-state index >= 15 is 0 Å². The van der Waals surface area contributed by atoms with Gasteiger partial charge in [0.2, 0.25) is 0 Å². The average Bonchev–Trinajstić information content (AvgIpc) is 3.13. The number of nitrogens with zero attached hydrogens (tertiary/aromatic N) is 1. The number of likely N-dealkylation sites (N-methyl/N-ethyl adjacent to an activating group) is 1. The van der Waals surface area contributed by atoms with Crippen molar-refractivity contribution in [3.63, 3.8) is 0 Å². The fourth-order valence-electron chi connectivity index (χ4n) is 3.66. The van der Waals surface area contributed by atoms with Crippen LogP contribution in [0.15, 0.2) is 0 Å². The van der Waals surface area contributed by atoms with Crippen LogP contribution in [-0.4, -0.2) is 54.3 Å². The van der Waals surface area contributed by atoms with Gasteiger partial charge in [0.05, 0.1) is 5.60 Å². The molecule has 0 aromatic heterocycles. The maximum Gasteiger partial charge on any atom is 0.0795 e. The molecule has 0 amide bonds. The van der Waals surface area contributed by atoms with Crippen LogP contribution in [0.4, 0.5) is 0 Å². The molecule has 2 aliphatic heterocycles. The Bertz CT molecular complexity index is 290. The van der Waals surface area contributed by atoms with E-state index < -0.39 is 0 Å².